The molecule has 0 saturated carbocycles. The van der Waals surface area contributed by atoms with E-state index in [4.69, 9.17) is 21.1 Å². The van der Waals surface area contributed by atoms with E-state index >= 15 is 0 Å². The normalized spacial score (nSPS) is 25.7. The van der Waals surface area contributed by atoms with E-state index in [0.29, 0.717) is 5.92 Å². The van der Waals surface area contributed by atoms with Crippen LogP contribution in [0, 0.1) is 5.92 Å². The molecular formula is C13H15ClO2. The third kappa shape index (κ3) is 1.86. The van der Waals surface area contributed by atoms with Crippen LogP contribution in [-0.2, 0) is 22.7 Å². The average Bonchev–Trinajstić information content (AvgIpc) is 2.98. The maximum absolute atomic E-state index is 6.49. The van der Waals surface area contributed by atoms with Crippen molar-refractivity contribution in [2.24, 2.45) is 5.92 Å². The predicted octanol–water partition coefficient (Wildman–Crippen LogP) is 3.03. The van der Waals surface area contributed by atoms with E-state index in [-0.39, 0.29) is 5.38 Å². The molecule has 3 rings (SSSR count). The predicted molar refractivity (Wildman–Crippen MR) is 62.5 cm³/mol. The fourth-order valence-corrected chi connectivity index (χ4v) is 2.75. The lowest BCUT2D eigenvalue weighted by Gasteiger charge is -2.16. The highest BCUT2D eigenvalue weighted by molar-refractivity contribution is 6.21. The Hall–Kier alpha value is -0.570. The monoisotopic (exact) mass is 238 g/mol. The van der Waals surface area contributed by atoms with E-state index < -0.39 is 0 Å². The van der Waals surface area contributed by atoms with Gasteiger partial charge in [0.05, 0.1) is 25.2 Å². The molecule has 2 unspecified atom stereocenters. The molecule has 1 fully saturated rings. The molecule has 3 heteroatoms. The zero-order valence-corrected chi connectivity index (χ0v) is 9.87. The summed E-state index contributed by atoms with van der Waals surface area (Å²) in [5, 5.41) is 0.0772. The van der Waals surface area contributed by atoms with Gasteiger partial charge in [-0.3, -0.25) is 0 Å². The van der Waals surface area contributed by atoms with Gasteiger partial charge < -0.3 is 9.47 Å². The van der Waals surface area contributed by atoms with Crippen molar-refractivity contribution in [3.63, 3.8) is 0 Å². The van der Waals surface area contributed by atoms with Crippen molar-refractivity contribution < 1.29 is 9.47 Å². The smallest absolute Gasteiger partial charge is 0.0725 e. The molecule has 0 aliphatic carbocycles. The lowest BCUT2D eigenvalue weighted by Crippen LogP contribution is -2.08. The highest BCUT2D eigenvalue weighted by Gasteiger charge is 2.26. The Bertz CT molecular complexity index is 386. The summed E-state index contributed by atoms with van der Waals surface area (Å²) in [4.78, 5) is 0. The van der Waals surface area contributed by atoms with E-state index in [0.717, 1.165) is 32.8 Å². The molecule has 1 aromatic carbocycles. The second-order valence-corrected chi connectivity index (χ2v) is 5.02. The van der Waals surface area contributed by atoms with Crippen molar-refractivity contribution in [3.05, 3.63) is 34.9 Å². The van der Waals surface area contributed by atoms with Crippen LogP contribution in [0.2, 0.25) is 0 Å². The van der Waals surface area contributed by atoms with E-state index in [1.165, 1.54) is 16.7 Å². The molecule has 0 spiro atoms. The number of alkyl halides is 1. The van der Waals surface area contributed by atoms with Gasteiger partial charge in [0.15, 0.2) is 0 Å². The fourth-order valence-electron chi connectivity index (χ4n) is 2.42. The third-order valence-electron chi connectivity index (χ3n) is 3.44. The minimum atomic E-state index is 0.0772. The lowest BCUT2D eigenvalue weighted by atomic mass is 9.95. The van der Waals surface area contributed by atoms with Crippen LogP contribution in [0.3, 0.4) is 0 Å². The van der Waals surface area contributed by atoms with Crippen LogP contribution in [-0.4, -0.2) is 13.2 Å². The molecular weight excluding hydrogens is 224 g/mol. The molecule has 0 N–H and O–H groups in total. The van der Waals surface area contributed by atoms with Gasteiger partial charge in [-0.25, -0.2) is 0 Å². The van der Waals surface area contributed by atoms with Gasteiger partial charge >= 0.3 is 0 Å². The van der Waals surface area contributed by atoms with E-state index in [1.807, 2.05) is 0 Å². The SMILES string of the molecule is ClC(c1ccc2c(c1)COC2)C1CCOC1. The Balaban J connectivity index is 1.83. The molecule has 2 heterocycles. The number of benzene rings is 1. The second kappa shape index (κ2) is 4.36. The number of rotatable bonds is 2. The molecule has 86 valence electrons. The summed E-state index contributed by atoms with van der Waals surface area (Å²) in [6.45, 7) is 3.12. The molecule has 0 amide bonds. The van der Waals surface area contributed by atoms with E-state index in [1.54, 1.807) is 0 Å². The molecule has 0 radical (unpaired) electrons. The number of hydrogen-bond donors (Lipinski definition) is 0. The van der Waals surface area contributed by atoms with Gasteiger partial charge in [0.1, 0.15) is 0 Å². The Morgan fingerprint density at radius 3 is 2.88 bits per heavy atom. The van der Waals surface area contributed by atoms with Crippen molar-refractivity contribution in [3.8, 4) is 0 Å². The number of fused-ring (bicyclic) bond motifs is 1. The molecule has 16 heavy (non-hydrogen) atoms. The van der Waals surface area contributed by atoms with Crippen LogP contribution in [0.15, 0.2) is 18.2 Å². The third-order valence-corrected chi connectivity index (χ3v) is 4.05. The molecule has 0 aromatic heterocycles. The summed E-state index contributed by atoms with van der Waals surface area (Å²) in [5.74, 6) is 0.460. The largest absolute Gasteiger partial charge is 0.381 e. The number of ether oxygens (including phenoxy) is 2. The van der Waals surface area contributed by atoms with Gasteiger partial charge in [-0.1, -0.05) is 18.2 Å². The summed E-state index contributed by atoms with van der Waals surface area (Å²) in [6.07, 6.45) is 1.07. The van der Waals surface area contributed by atoms with Gasteiger partial charge in [-0.05, 0) is 23.1 Å². The number of halogens is 1. The van der Waals surface area contributed by atoms with Crippen LogP contribution in [0.4, 0.5) is 0 Å². The minimum Gasteiger partial charge on any atom is -0.381 e. The van der Waals surface area contributed by atoms with Crippen LogP contribution in [0.25, 0.3) is 0 Å². The van der Waals surface area contributed by atoms with Crippen LogP contribution in [0.5, 0.6) is 0 Å². The summed E-state index contributed by atoms with van der Waals surface area (Å²) >= 11 is 6.49. The molecule has 2 atom stereocenters. The van der Waals surface area contributed by atoms with E-state index in [2.05, 4.69) is 18.2 Å². The zero-order valence-electron chi connectivity index (χ0n) is 9.12. The molecule has 0 bridgehead atoms. The fraction of sp³-hybridized carbons (Fsp3) is 0.538. The van der Waals surface area contributed by atoms with Crippen LogP contribution >= 0.6 is 11.6 Å². The molecule has 2 nitrogen and oxygen atoms in total. The summed E-state index contributed by atoms with van der Waals surface area (Å²) in [7, 11) is 0. The Morgan fingerprint density at radius 1 is 1.19 bits per heavy atom. The first-order chi connectivity index (χ1) is 7.84. The highest BCUT2D eigenvalue weighted by atomic mass is 35.5. The zero-order chi connectivity index (χ0) is 11.0. The summed E-state index contributed by atoms with van der Waals surface area (Å²) < 4.78 is 10.8. The van der Waals surface area contributed by atoms with Crippen LogP contribution < -0.4 is 0 Å². The first kappa shape index (κ1) is 10.6. The van der Waals surface area contributed by atoms with Crippen molar-refractivity contribution in [2.75, 3.05) is 13.2 Å². The standard InChI is InChI=1S/C13H15ClO2/c14-13(11-3-4-15-7-11)9-1-2-10-6-16-8-12(10)5-9/h1-2,5,11,13H,3-4,6-8H2. The Kier molecular flexibility index (Phi) is 2.88. The molecule has 1 aromatic rings. The van der Waals surface area contributed by atoms with Gasteiger partial charge in [0.25, 0.3) is 0 Å². The maximum atomic E-state index is 6.49. The van der Waals surface area contributed by atoms with Crippen LogP contribution in [0.1, 0.15) is 28.5 Å². The average molecular weight is 239 g/mol. The minimum absolute atomic E-state index is 0.0772. The molecule has 1 saturated heterocycles. The van der Waals surface area contributed by atoms with Crippen molar-refractivity contribution in [1.82, 2.24) is 0 Å². The first-order valence-electron chi connectivity index (χ1n) is 5.76. The topological polar surface area (TPSA) is 18.5 Å². The van der Waals surface area contributed by atoms with Gasteiger partial charge in [0.2, 0.25) is 0 Å². The maximum Gasteiger partial charge on any atom is 0.0725 e. The quantitative estimate of drug-likeness (QED) is 0.738. The van der Waals surface area contributed by atoms with Crippen molar-refractivity contribution in [1.29, 1.82) is 0 Å². The van der Waals surface area contributed by atoms with Crippen molar-refractivity contribution >= 4 is 11.6 Å². The highest BCUT2D eigenvalue weighted by Crippen LogP contribution is 2.35. The van der Waals surface area contributed by atoms with Gasteiger partial charge in [-0.2, -0.15) is 0 Å². The molecule has 2 aliphatic heterocycles. The Labute approximate surface area is 101 Å². The van der Waals surface area contributed by atoms with Gasteiger partial charge in [-0.15, -0.1) is 11.6 Å². The second-order valence-electron chi connectivity index (χ2n) is 4.55. The van der Waals surface area contributed by atoms with E-state index in [9.17, 15) is 0 Å². The molecule has 2 aliphatic rings. The van der Waals surface area contributed by atoms with Crippen molar-refractivity contribution in [2.45, 2.75) is 25.0 Å². The Morgan fingerprint density at radius 2 is 2.06 bits per heavy atom. The lowest BCUT2D eigenvalue weighted by molar-refractivity contribution is 0.134. The number of hydrogen-bond acceptors (Lipinski definition) is 2. The summed E-state index contributed by atoms with van der Waals surface area (Å²) in [5.41, 5.74) is 3.80. The van der Waals surface area contributed by atoms with Gasteiger partial charge in [0, 0.05) is 12.5 Å². The summed E-state index contributed by atoms with van der Waals surface area (Å²) in [6, 6.07) is 6.46. The first-order valence-corrected chi connectivity index (χ1v) is 6.19.